The Bertz CT molecular complexity index is 894. The zero-order chi connectivity index (χ0) is 18.1. The maximum atomic E-state index is 11.0. The molecule has 1 aliphatic rings. The van der Waals surface area contributed by atoms with Gasteiger partial charge < -0.3 is 24.9 Å². The van der Waals surface area contributed by atoms with Crippen molar-refractivity contribution in [3.05, 3.63) is 59.4 Å². The van der Waals surface area contributed by atoms with E-state index in [0.29, 0.717) is 13.2 Å². The van der Waals surface area contributed by atoms with Gasteiger partial charge in [0.2, 0.25) is 0 Å². The van der Waals surface area contributed by atoms with Crippen molar-refractivity contribution in [1.29, 1.82) is 0 Å². The Kier molecular flexibility index (Phi) is 4.63. The molecule has 3 aromatic rings. The van der Waals surface area contributed by atoms with Crippen molar-refractivity contribution in [1.82, 2.24) is 9.97 Å². The van der Waals surface area contributed by atoms with Crippen LogP contribution < -0.4 is 5.32 Å². The van der Waals surface area contributed by atoms with Crippen LogP contribution in [-0.4, -0.2) is 41.5 Å². The minimum absolute atomic E-state index is 0.279. The summed E-state index contributed by atoms with van der Waals surface area (Å²) in [6.07, 6.45) is -1.17. The number of rotatable bonds is 5. The monoisotopic (exact) mass is 353 g/mol. The summed E-state index contributed by atoms with van der Waals surface area (Å²) >= 11 is 0. The number of fused-ring (bicyclic) bond motifs is 3. The molecule has 4 rings (SSSR count). The van der Waals surface area contributed by atoms with Gasteiger partial charge in [0.15, 0.2) is 0 Å². The van der Waals surface area contributed by atoms with Crippen LogP contribution in [0.2, 0.25) is 0 Å². The molecule has 2 aromatic carbocycles. The summed E-state index contributed by atoms with van der Waals surface area (Å²) in [5.41, 5.74) is 4.67. The molecule has 136 valence electrons. The molecule has 0 saturated heterocycles. The number of hydrogen-bond acceptors (Lipinski definition) is 5. The summed E-state index contributed by atoms with van der Waals surface area (Å²) < 4.78 is 11.1. The minimum atomic E-state index is -0.723. The molecule has 26 heavy (non-hydrogen) atoms. The Morgan fingerprint density at radius 1 is 1.12 bits per heavy atom. The lowest BCUT2D eigenvalue weighted by Gasteiger charge is -2.38. The van der Waals surface area contributed by atoms with E-state index in [0.717, 1.165) is 33.7 Å². The summed E-state index contributed by atoms with van der Waals surface area (Å²) in [6.45, 7) is 2.83. The van der Waals surface area contributed by atoms with Crippen LogP contribution in [0.15, 0.2) is 42.5 Å². The number of nitrogens with zero attached hydrogens (tertiary/aromatic N) is 1. The maximum Gasteiger partial charge on any atom is 0.113 e. The number of ether oxygens (including phenoxy) is 2. The fourth-order valence-electron chi connectivity index (χ4n) is 3.59. The standard InChI is InChI=1S/C20H23N3O3/c1-12-21-15-9-8-14-17(18(15)22-12)23-16(13-6-4-3-5-7-13)19(24)20(14)26-11-10-25-2/h3-9,16,19-20,23-24H,10-11H2,1-2H3,(H,21,22)/t16-,19-,20-/m1/s1. The van der Waals surface area contributed by atoms with E-state index in [1.807, 2.05) is 49.4 Å². The Labute approximate surface area is 152 Å². The lowest BCUT2D eigenvalue weighted by atomic mass is 9.88. The maximum absolute atomic E-state index is 11.0. The number of benzene rings is 2. The Morgan fingerprint density at radius 2 is 1.92 bits per heavy atom. The average molecular weight is 353 g/mol. The topological polar surface area (TPSA) is 79.4 Å². The SMILES string of the molecule is COCCO[C@@H]1c2ccc3[nH]c(C)nc3c2N[C@H](c2ccccc2)[C@H]1O. The first-order valence-electron chi connectivity index (χ1n) is 8.78. The van der Waals surface area contributed by atoms with Gasteiger partial charge in [0.25, 0.3) is 0 Å². The van der Waals surface area contributed by atoms with E-state index >= 15 is 0 Å². The van der Waals surface area contributed by atoms with Crippen LogP contribution in [0.3, 0.4) is 0 Å². The summed E-state index contributed by atoms with van der Waals surface area (Å²) in [4.78, 5) is 7.90. The van der Waals surface area contributed by atoms with E-state index < -0.39 is 12.2 Å². The van der Waals surface area contributed by atoms with Crippen LogP contribution >= 0.6 is 0 Å². The van der Waals surface area contributed by atoms with Crippen LogP contribution in [0.5, 0.6) is 0 Å². The molecule has 0 radical (unpaired) electrons. The summed E-state index contributed by atoms with van der Waals surface area (Å²) in [5, 5.41) is 14.5. The number of aryl methyl sites for hydroxylation is 1. The van der Waals surface area contributed by atoms with E-state index in [2.05, 4.69) is 15.3 Å². The van der Waals surface area contributed by atoms with Crippen LogP contribution in [0.4, 0.5) is 5.69 Å². The molecule has 1 aromatic heterocycles. The first-order valence-corrected chi connectivity index (χ1v) is 8.78. The Morgan fingerprint density at radius 3 is 2.69 bits per heavy atom. The molecular weight excluding hydrogens is 330 g/mol. The van der Waals surface area contributed by atoms with E-state index in [-0.39, 0.29) is 6.04 Å². The zero-order valence-corrected chi connectivity index (χ0v) is 14.9. The summed E-state index contributed by atoms with van der Waals surface area (Å²) in [7, 11) is 1.64. The largest absolute Gasteiger partial charge is 0.388 e. The average Bonchev–Trinajstić information content (AvgIpc) is 3.04. The third kappa shape index (κ3) is 2.96. The van der Waals surface area contributed by atoms with Gasteiger partial charge in [-0.25, -0.2) is 4.98 Å². The third-order valence-corrected chi connectivity index (χ3v) is 4.81. The molecule has 0 spiro atoms. The molecule has 3 atom stereocenters. The minimum Gasteiger partial charge on any atom is -0.388 e. The van der Waals surface area contributed by atoms with Gasteiger partial charge >= 0.3 is 0 Å². The number of aromatic nitrogens is 2. The second kappa shape index (κ2) is 7.07. The van der Waals surface area contributed by atoms with E-state index in [1.165, 1.54) is 0 Å². The second-order valence-electron chi connectivity index (χ2n) is 6.56. The van der Waals surface area contributed by atoms with Crippen molar-refractivity contribution < 1.29 is 14.6 Å². The first-order chi connectivity index (χ1) is 12.7. The molecule has 1 aliphatic heterocycles. The number of aromatic amines is 1. The van der Waals surface area contributed by atoms with Crippen LogP contribution in [0.25, 0.3) is 11.0 Å². The smallest absolute Gasteiger partial charge is 0.113 e. The molecule has 0 bridgehead atoms. The van der Waals surface area contributed by atoms with Gasteiger partial charge in [0.05, 0.1) is 30.5 Å². The molecule has 6 heteroatoms. The van der Waals surface area contributed by atoms with Crippen molar-refractivity contribution in [3.63, 3.8) is 0 Å². The highest BCUT2D eigenvalue weighted by molar-refractivity contribution is 5.91. The van der Waals surface area contributed by atoms with Crippen LogP contribution in [0.1, 0.15) is 29.1 Å². The van der Waals surface area contributed by atoms with Crippen LogP contribution in [-0.2, 0) is 9.47 Å². The van der Waals surface area contributed by atoms with E-state index in [1.54, 1.807) is 7.11 Å². The molecule has 6 nitrogen and oxygen atoms in total. The van der Waals surface area contributed by atoms with E-state index in [4.69, 9.17) is 9.47 Å². The van der Waals surface area contributed by atoms with Crippen molar-refractivity contribution in [2.24, 2.45) is 0 Å². The number of nitrogens with one attached hydrogen (secondary N) is 2. The van der Waals surface area contributed by atoms with Gasteiger partial charge in [-0.15, -0.1) is 0 Å². The molecule has 3 N–H and O–H groups in total. The molecule has 2 heterocycles. The number of H-pyrrole nitrogens is 1. The fourth-order valence-corrected chi connectivity index (χ4v) is 3.59. The number of anilines is 1. The summed E-state index contributed by atoms with van der Waals surface area (Å²) in [5.74, 6) is 0.856. The zero-order valence-electron chi connectivity index (χ0n) is 14.9. The first kappa shape index (κ1) is 17.0. The van der Waals surface area contributed by atoms with Crippen molar-refractivity contribution >= 4 is 16.7 Å². The lowest BCUT2D eigenvalue weighted by molar-refractivity contribution is -0.0633. The number of hydrogen-bond donors (Lipinski definition) is 3. The number of aliphatic hydroxyl groups is 1. The van der Waals surface area contributed by atoms with Gasteiger partial charge in [-0.3, -0.25) is 0 Å². The van der Waals surface area contributed by atoms with Crippen molar-refractivity contribution in [2.75, 3.05) is 25.6 Å². The normalized spacial score (nSPS) is 22.2. The van der Waals surface area contributed by atoms with Crippen molar-refractivity contribution in [2.45, 2.75) is 25.2 Å². The van der Waals surface area contributed by atoms with Crippen molar-refractivity contribution in [3.8, 4) is 0 Å². The Hall–Kier alpha value is -2.41. The van der Waals surface area contributed by atoms with Crippen LogP contribution in [0, 0.1) is 6.92 Å². The highest BCUT2D eigenvalue weighted by atomic mass is 16.5. The molecule has 0 fully saturated rings. The number of methoxy groups -OCH3 is 1. The van der Waals surface area contributed by atoms with Gasteiger partial charge in [-0.05, 0) is 18.6 Å². The lowest BCUT2D eigenvalue weighted by Crippen LogP contribution is -2.37. The predicted molar refractivity (Wildman–Crippen MR) is 100 cm³/mol. The predicted octanol–water partition coefficient (Wildman–Crippen LogP) is 3.10. The van der Waals surface area contributed by atoms with Gasteiger partial charge in [-0.1, -0.05) is 36.4 Å². The molecule has 0 amide bonds. The number of imidazole rings is 1. The van der Waals surface area contributed by atoms with Gasteiger partial charge in [0.1, 0.15) is 23.5 Å². The highest BCUT2D eigenvalue weighted by Crippen LogP contribution is 2.43. The fraction of sp³-hybridized carbons (Fsp3) is 0.350. The Balaban J connectivity index is 1.80. The third-order valence-electron chi connectivity index (χ3n) is 4.81. The van der Waals surface area contributed by atoms with Gasteiger partial charge in [0, 0.05) is 12.7 Å². The second-order valence-corrected chi connectivity index (χ2v) is 6.56. The quantitative estimate of drug-likeness (QED) is 0.614. The summed E-state index contributed by atoms with van der Waals surface area (Å²) in [6, 6.07) is 13.6. The van der Waals surface area contributed by atoms with E-state index in [9.17, 15) is 5.11 Å². The number of aliphatic hydroxyl groups excluding tert-OH is 1. The highest BCUT2D eigenvalue weighted by Gasteiger charge is 2.38. The molecule has 0 unspecified atom stereocenters. The molecular formula is C20H23N3O3. The molecule has 0 aliphatic carbocycles. The van der Waals surface area contributed by atoms with Gasteiger partial charge in [-0.2, -0.15) is 0 Å². The molecule has 0 saturated carbocycles.